The third-order valence-electron chi connectivity index (χ3n) is 2.99. The van der Waals surface area contributed by atoms with Gasteiger partial charge in [0.15, 0.2) is 0 Å². The molecule has 0 saturated carbocycles. The lowest BCUT2D eigenvalue weighted by atomic mass is 10.1. The molecular weight excluding hydrogens is 242 g/mol. The zero-order chi connectivity index (χ0) is 13.7. The molecule has 0 radical (unpaired) electrons. The number of aromatic nitrogens is 1. The zero-order valence-electron chi connectivity index (χ0n) is 10.7. The minimum Gasteiger partial charge on any atom is -0.268 e. The van der Waals surface area contributed by atoms with Crippen LogP contribution in [0.4, 0.5) is 11.5 Å². The second-order valence-electron chi connectivity index (χ2n) is 4.29. The van der Waals surface area contributed by atoms with Crippen LogP contribution in [0.15, 0.2) is 42.6 Å². The number of benzene rings is 1. The topological polar surface area (TPSA) is 69.3 Å². The molecule has 5 heteroatoms. The number of nitrogens with zero attached hydrogens (tertiary/aromatic N) is 1. The van der Waals surface area contributed by atoms with E-state index >= 15 is 0 Å². The molecular formula is C14H16N3O2+. The Morgan fingerprint density at radius 2 is 2.05 bits per heavy atom. The van der Waals surface area contributed by atoms with Crippen molar-refractivity contribution < 1.29 is 9.91 Å². The Bertz CT molecular complexity index is 584. The molecule has 0 aliphatic heterocycles. The molecule has 2 N–H and O–H groups in total. The smallest absolute Gasteiger partial charge is 0.268 e. The molecule has 1 aromatic carbocycles. The van der Waals surface area contributed by atoms with E-state index in [1.807, 2.05) is 12.1 Å². The lowest BCUT2D eigenvalue weighted by molar-refractivity contribution is -0.409. The Labute approximate surface area is 111 Å². The average Bonchev–Trinajstić information content (AvgIpc) is 2.41. The molecule has 5 nitrogen and oxygen atoms in total. The van der Waals surface area contributed by atoms with Gasteiger partial charge in [0.2, 0.25) is 0 Å². The molecule has 0 saturated heterocycles. The standard InChI is InChI=1S/C14H15N3O2/c1-11-5-2-3-6-12(11)8-10-16-14-13(17(18)19)7-4-9-15-14/h2-7,9H,8,10H2,1H3,(H,15,16)/p+1. The molecule has 2 rings (SSSR count). The maximum Gasteiger partial charge on any atom is 0.357 e. The lowest BCUT2D eigenvalue weighted by Gasteiger charge is -2.04. The highest BCUT2D eigenvalue weighted by Gasteiger charge is 2.18. The quantitative estimate of drug-likeness (QED) is 0.661. The summed E-state index contributed by atoms with van der Waals surface area (Å²) in [5.74, 6) is 0.445. The van der Waals surface area contributed by atoms with Crippen molar-refractivity contribution in [1.82, 2.24) is 0 Å². The summed E-state index contributed by atoms with van der Waals surface area (Å²) < 4.78 is 0. The maximum atomic E-state index is 10.9. The summed E-state index contributed by atoms with van der Waals surface area (Å²) in [6, 6.07) is 11.2. The van der Waals surface area contributed by atoms with Crippen LogP contribution in [0.1, 0.15) is 11.1 Å². The van der Waals surface area contributed by atoms with Gasteiger partial charge in [0.1, 0.15) is 0 Å². The number of aryl methyl sites for hydroxylation is 1. The van der Waals surface area contributed by atoms with E-state index in [1.165, 1.54) is 17.2 Å². The minimum absolute atomic E-state index is 0.0623. The van der Waals surface area contributed by atoms with Gasteiger partial charge in [-0.1, -0.05) is 24.3 Å². The Morgan fingerprint density at radius 3 is 2.79 bits per heavy atom. The molecule has 0 fully saturated rings. The number of pyridine rings is 1. The van der Waals surface area contributed by atoms with Gasteiger partial charge < -0.3 is 0 Å². The normalized spacial score (nSPS) is 10.2. The highest BCUT2D eigenvalue weighted by molar-refractivity contribution is 5.50. The molecule has 0 unspecified atom stereocenters. The van der Waals surface area contributed by atoms with Crippen LogP contribution in [0.3, 0.4) is 0 Å². The molecule has 0 atom stereocenters. The second kappa shape index (κ2) is 5.95. The Hall–Kier alpha value is -2.43. The summed E-state index contributed by atoms with van der Waals surface area (Å²) in [5, 5.41) is 13.9. The molecule has 0 aliphatic carbocycles. The fourth-order valence-electron chi connectivity index (χ4n) is 1.93. The molecule has 1 aromatic heterocycles. The van der Waals surface area contributed by atoms with Crippen molar-refractivity contribution in [3.8, 4) is 0 Å². The van der Waals surface area contributed by atoms with Crippen LogP contribution in [0, 0.1) is 17.0 Å². The monoisotopic (exact) mass is 258 g/mol. The highest BCUT2D eigenvalue weighted by atomic mass is 16.6. The number of nitro groups is 1. The molecule has 1 heterocycles. The fourth-order valence-corrected chi connectivity index (χ4v) is 1.93. The van der Waals surface area contributed by atoms with Gasteiger partial charge in [-0.2, -0.15) is 0 Å². The summed E-state index contributed by atoms with van der Waals surface area (Å²) in [6.45, 7) is 2.71. The summed E-state index contributed by atoms with van der Waals surface area (Å²) in [7, 11) is 0. The molecule has 98 valence electrons. The van der Waals surface area contributed by atoms with E-state index in [0.29, 0.717) is 12.4 Å². The van der Waals surface area contributed by atoms with Crippen molar-refractivity contribution in [2.45, 2.75) is 13.3 Å². The number of hydrogen-bond acceptors (Lipinski definition) is 3. The molecule has 2 aromatic rings. The van der Waals surface area contributed by atoms with E-state index < -0.39 is 4.92 Å². The summed E-state index contributed by atoms with van der Waals surface area (Å²) in [4.78, 5) is 13.3. The van der Waals surface area contributed by atoms with Gasteiger partial charge in [-0.3, -0.25) is 15.4 Å². The summed E-state index contributed by atoms with van der Waals surface area (Å²) in [6.07, 6.45) is 2.50. The van der Waals surface area contributed by atoms with Crippen molar-refractivity contribution in [3.63, 3.8) is 0 Å². The van der Waals surface area contributed by atoms with E-state index in [9.17, 15) is 10.1 Å². The van der Waals surface area contributed by atoms with Crippen LogP contribution < -0.4 is 10.3 Å². The SMILES string of the molecule is Cc1ccccc1CCNc1[nH+]cccc1[N+](=O)[O-]. The number of nitrogens with one attached hydrogen (secondary N) is 2. The van der Waals surface area contributed by atoms with Gasteiger partial charge in [0.05, 0.1) is 17.7 Å². The highest BCUT2D eigenvalue weighted by Crippen LogP contribution is 2.17. The van der Waals surface area contributed by atoms with Crippen molar-refractivity contribution >= 4 is 11.5 Å². The van der Waals surface area contributed by atoms with Crippen LogP contribution >= 0.6 is 0 Å². The Balaban J connectivity index is 2.00. The molecule has 0 aliphatic rings. The predicted molar refractivity (Wildman–Crippen MR) is 73.0 cm³/mol. The third kappa shape index (κ3) is 3.28. The van der Waals surface area contributed by atoms with Crippen LogP contribution in [0.25, 0.3) is 0 Å². The minimum atomic E-state index is -0.396. The van der Waals surface area contributed by atoms with E-state index in [4.69, 9.17) is 0 Å². The number of H-pyrrole nitrogens is 1. The largest absolute Gasteiger partial charge is 0.357 e. The molecule has 19 heavy (non-hydrogen) atoms. The molecule has 0 bridgehead atoms. The first kappa shape index (κ1) is 13.0. The van der Waals surface area contributed by atoms with Crippen LogP contribution in [0.2, 0.25) is 0 Å². The summed E-state index contributed by atoms with van der Waals surface area (Å²) in [5.41, 5.74) is 2.54. The van der Waals surface area contributed by atoms with Crippen LogP contribution in [-0.2, 0) is 6.42 Å². The van der Waals surface area contributed by atoms with Gasteiger partial charge in [-0.15, -0.1) is 0 Å². The fraction of sp³-hybridized carbons (Fsp3) is 0.214. The van der Waals surface area contributed by atoms with Gasteiger partial charge in [-0.05, 0) is 24.1 Å². The van der Waals surface area contributed by atoms with E-state index in [-0.39, 0.29) is 5.69 Å². The Kier molecular flexibility index (Phi) is 4.07. The van der Waals surface area contributed by atoms with Crippen molar-refractivity contribution in [3.05, 3.63) is 63.8 Å². The molecule has 0 amide bonds. The van der Waals surface area contributed by atoms with Gasteiger partial charge in [-0.25, -0.2) is 4.98 Å². The first-order valence-electron chi connectivity index (χ1n) is 6.12. The van der Waals surface area contributed by atoms with Crippen molar-refractivity contribution in [2.75, 3.05) is 11.9 Å². The van der Waals surface area contributed by atoms with Gasteiger partial charge in [0.25, 0.3) is 0 Å². The first-order chi connectivity index (χ1) is 9.18. The average molecular weight is 258 g/mol. The maximum absolute atomic E-state index is 10.9. The van der Waals surface area contributed by atoms with E-state index in [1.54, 1.807) is 12.3 Å². The number of rotatable bonds is 5. The molecule has 0 spiro atoms. The van der Waals surface area contributed by atoms with Gasteiger partial charge >= 0.3 is 11.5 Å². The van der Waals surface area contributed by atoms with Gasteiger partial charge in [0, 0.05) is 12.5 Å². The Morgan fingerprint density at radius 1 is 1.26 bits per heavy atom. The predicted octanol–water partition coefficient (Wildman–Crippen LogP) is 2.37. The number of hydrogen-bond donors (Lipinski definition) is 1. The van der Waals surface area contributed by atoms with Crippen LogP contribution in [0.5, 0.6) is 0 Å². The number of aromatic amines is 1. The van der Waals surface area contributed by atoms with E-state index in [2.05, 4.69) is 29.4 Å². The van der Waals surface area contributed by atoms with Crippen molar-refractivity contribution in [1.29, 1.82) is 0 Å². The lowest BCUT2D eigenvalue weighted by Crippen LogP contribution is -2.17. The first-order valence-corrected chi connectivity index (χ1v) is 6.12. The summed E-state index contributed by atoms with van der Waals surface area (Å²) >= 11 is 0. The van der Waals surface area contributed by atoms with Crippen molar-refractivity contribution in [2.24, 2.45) is 0 Å². The third-order valence-corrected chi connectivity index (χ3v) is 2.99. The van der Waals surface area contributed by atoms with E-state index in [0.717, 1.165) is 6.42 Å². The number of anilines is 1. The second-order valence-corrected chi connectivity index (χ2v) is 4.29. The zero-order valence-corrected chi connectivity index (χ0v) is 10.7. The van der Waals surface area contributed by atoms with Crippen LogP contribution in [-0.4, -0.2) is 11.5 Å².